The van der Waals surface area contributed by atoms with E-state index in [1.165, 1.54) is 50.0 Å². The van der Waals surface area contributed by atoms with Crippen LogP contribution in [-0.2, 0) is 9.47 Å². The minimum atomic E-state index is -0.702. The van der Waals surface area contributed by atoms with E-state index in [0.29, 0.717) is 41.3 Å². The van der Waals surface area contributed by atoms with Gasteiger partial charge in [-0.2, -0.15) is 0 Å². The third kappa shape index (κ3) is 13.5. The van der Waals surface area contributed by atoms with Crippen LogP contribution in [-0.4, -0.2) is 61.1 Å². The molecule has 3 N–H and O–H groups in total. The molecule has 11 atom stereocenters. The van der Waals surface area contributed by atoms with Gasteiger partial charge in [-0.15, -0.1) is 0 Å². The zero-order valence-corrected chi connectivity index (χ0v) is 38.9. The van der Waals surface area contributed by atoms with Gasteiger partial charge >= 0.3 is 6.16 Å². The van der Waals surface area contributed by atoms with Crippen molar-refractivity contribution in [2.75, 3.05) is 21.3 Å². The Morgan fingerprint density at radius 2 is 1.24 bits per heavy atom. The highest BCUT2D eigenvalue weighted by atomic mass is 16.7. The fourth-order valence-corrected chi connectivity index (χ4v) is 11.3. The monoisotopic (exact) mass is 861 g/mol. The maximum atomic E-state index is 11.5. The Hall–Kier alpha value is -3.49. The first-order chi connectivity index (χ1) is 28.8. The molecule has 0 heterocycles. The van der Waals surface area contributed by atoms with E-state index in [4.69, 9.17) is 4.74 Å². The van der Waals surface area contributed by atoms with Crippen molar-refractivity contribution >= 4 is 27.7 Å². The standard InChI is InChI=1S/C24H42O3.C12H10O3.C10H8.C3H8.C2H6O.C2H6.2CH4/c1-5-6-14(2)17-7-8-18-22-19(13-21(27)24(17,18)4)23(3)10-9-16(25)11-15(23)12-20(22)26;1-14-12(13)15-11-8-4-6-9-5-2-3-7-10(9)11;1-2-6-10-8-4-3-7-9(10)5-1;2*1-3-2;1-2;;/h14-22,25-27H,5-13H2,1-4H3;2-8H,1H3;1-8H;3H2,1-2H3;1-2H3;1-2H3;2*1H4. The molecule has 0 spiro atoms. The van der Waals surface area contributed by atoms with Gasteiger partial charge in [0.1, 0.15) is 5.75 Å². The summed E-state index contributed by atoms with van der Waals surface area (Å²) in [5.41, 5.74) is 0.146. The molecule has 7 nitrogen and oxygen atoms in total. The van der Waals surface area contributed by atoms with E-state index in [1.54, 1.807) is 20.3 Å². The van der Waals surface area contributed by atoms with Crippen molar-refractivity contribution in [1.82, 2.24) is 0 Å². The summed E-state index contributed by atoms with van der Waals surface area (Å²) in [6.45, 7) is 17.7. The SMILES string of the molecule is C.C.CC.CCC.CCCC(C)C1CCC2C3C(O)CC4CC(O)CCC4(C)C3CC(O)C12C.COC.COC(=O)Oc1cccc2ccccc12.c1ccc2ccccc2c1. The Labute approximate surface area is 378 Å². The van der Waals surface area contributed by atoms with Crippen LogP contribution < -0.4 is 4.74 Å². The topological polar surface area (TPSA) is 105 Å². The van der Waals surface area contributed by atoms with E-state index in [-0.39, 0.29) is 44.0 Å². The summed E-state index contributed by atoms with van der Waals surface area (Å²) >= 11 is 0. The van der Waals surface area contributed by atoms with Crippen LogP contribution in [0, 0.1) is 46.3 Å². The third-order valence-corrected chi connectivity index (χ3v) is 14.0. The number of carbonyl (C=O) groups excluding carboxylic acids is 1. The second kappa shape index (κ2) is 27.6. The second-order valence-corrected chi connectivity index (χ2v) is 17.8. The first kappa shape index (κ1) is 56.5. The summed E-state index contributed by atoms with van der Waals surface area (Å²) in [4.78, 5) is 11.0. The van der Waals surface area contributed by atoms with Gasteiger partial charge in [0, 0.05) is 19.6 Å². The summed E-state index contributed by atoms with van der Waals surface area (Å²) < 4.78 is 13.7. The lowest BCUT2D eigenvalue weighted by atomic mass is 9.43. The Balaban J connectivity index is 0.000000463. The van der Waals surface area contributed by atoms with Gasteiger partial charge in [0.25, 0.3) is 0 Å². The van der Waals surface area contributed by atoms with Crippen molar-refractivity contribution in [2.45, 2.75) is 153 Å². The maximum absolute atomic E-state index is 11.5. The number of benzene rings is 4. The van der Waals surface area contributed by atoms with E-state index >= 15 is 0 Å². The van der Waals surface area contributed by atoms with E-state index in [0.717, 1.165) is 42.9 Å². The number of fused-ring (bicyclic) bond motifs is 7. The van der Waals surface area contributed by atoms with Crippen molar-refractivity contribution < 1.29 is 34.3 Å². The molecule has 0 aliphatic heterocycles. The predicted octanol–water partition coefficient (Wildman–Crippen LogP) is 14.2. The Morgan fingerprint density at radius 3 is 1.77 bits per heavy atom. The Morgan fingerprint density at radius 1 is 0.726 bits per heavy atom. The fourth-order valence-electron chi connectivity index (χ4n) is 11.3. The summed E-state index contributed by atoms with van der Waals surface area (Å²) in [5.74, 6) is 3.37. The van der Waals surface area contributed by atoms with Gasteiger partial charge in [-0.3, -0.25) is 0 Å². The van der Waals surface area contributed by atoms with Crippen molar-refractivity contribution in [3.8, 4) is 5.75 Å². The average Bonchev–Trinajstić information content (AvgIpc) is 3.62. The van der Waals surface area contributed by atoms with Crippen LogP contribution in [0.2, 0.25) is 0 Å². The minimum absolute atomic E-state index is 0. The molecule has 8 rings (SSSR count). The molecule has 350 valence electrons. The summed E-state index contributed by atoms with van der Waals surface area (Å²) in [6, 6.07) is 29.9. The molecule has 0 radical (unpaired) electrons. The quantitative estimate of drug-likeness (QED) is 0.139. The number of hydrogen-bond acceptors (Lipinski definition) is 7. The molecule has 7 heteroatoms. The number of aliphatic hydroxyl groups is 3. The molecule has 0 bridgehead atoms. The van der Waals surface area contributed by atoms with E-state index in [9.17, 15) is 20.1 Å². The number of rotatable bonds is 4. The summed E-state index contributed by atoms with van der Waals surface area (Å²) in [7, 11) is 4.54. The normalized spacial score (nSPS) is 29.1. The van der Waals surface area contributed by atoms with Gasteiger partial charge in [0.15, 0.2) is 0 Å². The van der Waals surface area contributed by atoms with E-state index in [2.05, 4.69) is 99.5 Å². The molecule has 4 saturated carbocycles. The van der Waals surface area contributed by atoms with Gasteiger partial charge in [0.05, 0.1) is 25.4 Å². The molecule has 0 amide bonds. The lowest BCUT2D eigenvalue weighted by Crippen LogP contribution is -2.62. The molecule has 4 aromatic rings. The number of hydrogen-bond donors (Lipinski definition) is 3. The highest BCUT2D eigenvalue weighted by Gasteiger charge is 2.65. The predicted molar refractivity (Wildman–Crippen MR) is 263 cm³/mol. The van der Waals surface area contributed by atoms with Gasteiger partial charge in [0.2, 0.25) is 0 Å². The van der Waals surface area contributed by atoms with Crippen LogP contribution in [0.25, 0.3) is 21.5 Å². The molecule has 62 heavy (non-hydrogen) atoms. The summed E-state index contributed by atoms with van der Waals surface area (Å²) in [5, 5.41) is 37.5. The molecule has 0 aromatic heterocycles. The average molecular weight is 861 g/mol. The molecule has 4 aromatic carbocycles. The van der Waals surface area contributed by atoms with Crippen molar-refractivity contribution in [1.29, 1.82) is 0 Å². The molecule has 0 saturated heterocycles. The first-order valence-corrected chi connectivity index (χ1v) is 23.0. The van der Waals surface area contributed by atoms with Gasteiger partial charge in [-0.25, -0.2) is 4.79 Å². The third-order valence-electron chi connectivity index (χ3n) is 14.0. The Kier molecular flexibility index (Phi) is 25.2. The zero-order chi connectivity index (χ0) is 44.5. The molecule has 4 fully saturated rings. The molecular formula is C55H88O7. The number of ether oxygens (including phenoxy) is 3. The lowest BCUT2D eigenvalue weighted by Gasteiger charge is -2.63. The highest BCUT2D eigenvalue weighted by Crippen LogP contribution is 2.68. The van der Waals surface area contributed by atoms with Gasteiger partial charge in [-0.05, 0) is 114 Å². The smallest absolute Gasteiger partial charge is 0.437 e. The molecule has 11 unspecified atom stereocenters. The van der Waals surface area contributed by atoms with Crippen molar-refractivity contribution in [3.05, 3.63) is 91.0 Å². The van der Waals surface area contributed by atoms with E-state index in [1.807, 2.05) is 50.2 Å². The van der Waals surface area contributed by atoms with Crippen LogP contribution in [0.1, 0.15) is 134 Å². The van der Waals surface area contributed by atoms with Crippen LogP contribution >= 0.6 is 0 Å². The lowest BCUT2D eigenvalue weighted by molar-refractivity contribution is -0.207. The first-order valence-electron chi connectivity index (χ1n) is 23.0. The molecule has 4 aliphatic carbocycles. The molecular weight excluding hydrogens is 773 g/mol. The van der Waals surface area contributed by atoms with Crippen LogP contribution in [0.3, 0.4) is 0 Å². The number of carbonyl (C=O) groups is 1. The second-order valence-electron chi connectivity index (χ2n) is 17.8. The number of methoxy groups -OCH3 is 2. The fraction of sp³-hybridized carbons (Fsp3) is 0.618. The van der Waals surface area contributed by atoms with Crippen molar-refractivity contribution in [3.63, 3.8) is 0 Å². The summed E-state index contributed by atoms with van der Waals surface area (Å²) in [6.07, 6.45) is 9.19. The van der Waals surface area contributed by atoms with Crippen molar-refractivity contribution in [2.24, 2.45) is 46.3 Å². The van der Waals surface area contributed by atoms with E-state index < -0.39 is 6.16 Å². The van der Waals surface area contributed by atoms with Crippen LogP contribution in [0.15, 0.2) is 91.0 Å². The number of aliphatic hydroxyl groups excluding tert-OH is 3. The van der Waals surface area contributed by atoms with Gasteiger partial charge < -0.3 is 29.5 Å². The maximum Gasteiger partial charge on any atom is 0.513 e. The van der Waals surface area contributed by atoms with Crippen LogP contribution in [0.5, 0.6) is 5.75 Å². The Bertz CT molecular complexity index is 1760. The van der Waals surface area contributed by atoms with Crippen LogP contribution in [0.4, 0.5) is 4.79 Å². The highest BCUT2D eigenvalue weighted by molar-refractivity contribution is 5.89. The van der Waals surface area contributed by atoms with Gasteiger partial charge in [-0.1, -0.05) is 174 Å². The molecule has 4 aliphatic rings. The minimum Gasteiger partial charge on any atom is -0.437 e. The largest absolute Gasteiger partial charge is 0.513 e. The zero-order valence-electron chi connectivity index (χ0n) is 38.9.